The molecule has 1 aliphatic carbocycles. The van der Waals surface area contributed by atoms with Crippen LogP contribution < -0.4 is 11.1 Å². The molecule has 1 fully saturated rings. The Labute approximate surface area is 56.8 Å². The number of nitrogens with two attached hydrogens (primary N) is 1. The maximum Gasteiger partial charge on any atom is -0.000880 e. The minimum absolute atomic E-state index is 0.745. The molecule has 0 amide bonds. The molecule has 1 atom stereocenters. The van der Waals surface area contributed by atoms with Crippen molar-refractivity contribution in [1.82, 2.24) is 5.32 Å². The highest BCUT2D eigenvalue weighted by Gasteiger charge is 2.29. The summed E-state index contributed by atoms with van der Waals surface area (Å²) in [5, 5.41) is 3.16. The van der Waals surface area contributed by atoms with E-state index in [9.17, 15) is 0 Å². The average Bonchev–Trinajstić information content (AvgIpc) is 2.64. The van der Waals surface area contributed by atoms with E-state index in [0.29, 0.717) is 0 Å². The lowest BCUT2D eigenvalue weighted by Crippen LogP contribution is -2.27. The Morgan fingerprint density at radius 2 is 2.33 bits per heavy atom. The molecule has 9 heavy (non-hydrogen) atoms. The van der Waals surface area contributed by atoms with Crippen LogP contribution in [-0.4, -0.2) is 20.1 Å². The normalized spacial score (nSPS) is 22.0. The van der Waals surface area contributed by atoms with E-state index in [1.165, 1.54) is 12.8 Å². The summed E-state index contributed by atoms with van der Waals surface area (Å²) in [5.41, 5.74) is 5.56. The van der Waals surface area contributed by atoms with Crippen LogP contribution in [0.25, 0.3) is 0 Å². The van der Waals surface area contributed by atoms with E-state index >= 15 is 0 Å². The molecule has 0 aromatic carbocycles. The van der Waals surface area contributed by atoms with Crippen molar-refractivity contribution in [1.29, 1.82) is 0 Å². The van der Waals surface area contributed by atoms with Crippen molar-refractivity contribution < 1.29 is 0 Å². The molecule has 2 heteroatoms. The van der Waals surface area contributed by atoms with E-state index in [1.54, 1.807) is 0 Å². The van der Waals surface area contributed by atoms with E-state index in [-0.39, 0.29) is 0 Å². The highest BCUT2D eigenvalue weighted by Crippen LogP contribution is 2.35. The Balaban J connectivity index is 2.12. The topological polar surface area (TPSA) is 38.0 Å². The van der Waals surface area contributed by atoms with Gasteiger partial charge in [0.05, 0.1) is 0 Å². The fourth-order valence-electron chi connectivity index (χ4n) is 1.27. The van der Waals surface area contributed by atoms with Crippen LogP contribution in [0, 0.1) is 11.8 Å². The third-order valence-electron chi connectivity index (χ3n) is 2.06. The monoisotopic (exact) mass is 128 g/mol. The lowest BCUT2D eigenvalue weighted by Gasteiger charge is -2.11. The van der Waals surface area contributed by atoms with Crippen molar-refractivity contribution in [3.05, 3.63) is 0 Å². The molecule has 2 nitrogen and oxygen atoms in total. The zero-order valence-electron chi connectivity index (χ0n) is 6.06. The minimum Gasteiger partial charge on any atom is -0.330 e. The molecular formula is C7H16N2. The van der Waals surface area contributed by atoms with Gasteiger partial charge in [-0.05, 0) is 44.8 Å². The minimum atomic E-state index is 0.745. The second-order valence-electron chi connectivity index (χ2n) is 2.89. The molecule has 1 saturated carbocycles. The molecule has 0 saturated heterocycles. The van der Waals surface area contributed by atoms with E-state index < -0.39 is 0 Å². The Hall–Kier alpha value is -0.0800. The first-order chi connectivity index (χ1) is 4.38. The van der Waals surface area contributed by atoms with Gasteiger partial charge in [-0.15, -0.1) is 0 Å². The Morgan fingerprint density at radius 3 is 2.67 bits per heavy atom. The predicted octanol–water partition coefficient (Wildman–Crippen LogP) is 0.191. The molecule has 1 unspecified atom stereocenters. The first-order valence-corrected chi connectivity index (χ1v) is 3.73. The highest BCUT2D eigenvalue weighted by atomic mass is 14.8. The second-order valence-corrected chi connectivity index (χ2v) is 2.89. The zero-order valence-corrected chi connectivity index (χ0v) is 6.06. The van der Waals surface area contributed by atoms with Crippen molar-refractivity contribution in [2.24, 2.45) is 17.6 Å². The lowest BCUT2D eigenvalue weighted by molar-refractivity contribution is 0.452. The number of hydrogen-bond donors (Lipinski definition) is 2. The molecule has 0 aromatic heterocycles. The van der Waals surface area contributed by atoms with E-state index in [4.69, 9.17) is 5.73 Å². The van der Waals surface area contributed by atoms with E-state index in [0.717, 1.165) is 24.9 Å². The molecule has 0 bridgehead atoms. The summed E-state index contributed by atoms with van der Waals surface area (Å²) < 4.78 is 0. The molecule has 0 aromatic rings. The molecule has 0 radical (unpaired) electrons. The Morgan fingerprint density at radius 1 is 1.67 bits per heavy atom. The fraction of sp³-hybridized carbons (Fsp3) is 1.00. The summed E-state index contributed by atoms with van der Waals surface area (Å²) >= 11 is 0. The van der Waals surface area contributed by atoms with Gasteiger partial charge in [0.1, 0.15) is 0 Å². The van der Waals surface area contributed by atoms with Crippen molar-refractivity contribution in [3.8, 4) is 0 Å². The van der Waals surface area contributed by atoms with Gasteiger partial charge >= 0.3 is 0 Å². The number of hydrogen-bond acceptors (Lipinski definition) is 2. The highest BCUT2D eigenvalue weighted by molar-refractivity contribution is 4.82. The smallest absolute Gasteiger partial charge is 0.000880 e. The summed E-state index contributed by atoms with van der Waals surface area (Å²) in [7, 11) is 1.99. The van der Waals surface area contributed by atoms with Crippen LogP contribution in [0.2, 0.25) is 0 Å². The quantitative estimate of drug-likeness (QED) is 0.567. The van der Waals surface area contributed by atoms with Crippen LogP contribution in [0.15, 0.2) is 0 Å². The second kappa shape index (κ2) is 3.18. The van der Waals surface area contributed by atoms with Crippen molar-refractivity contribution in [2.75, 3.05) is 20.1 Å². The summed E-state index contributed by atoms with van der Waals surface area (Å²) in [5.74, 6) is 1.69. The molecule has 3 N–H and O–H groups in total. The molecule has 1 aliphatic rings. The Bertz CT molecular complexity index is 79.0. The molecular weight excluding hydrogens is 112 g/mol. The van der Waals surface area contributed by atoms with E-state index in [2.05, 4.69) is 5.32 Å². The zero-order chi connectivity index (χ0) is 6.69. The first-order valence-electron chi connectivity index (χ1n) is 3.73. The standard InChI is InChI=1S/C7H16N2/c1-9-5-7(4-8)6-2-3-6/h6-7,9H,2-5,8H2,1H3. The molecule has 1 rings (SSSR count). The fourth-order valence-corrected chi connectivity index (χ4v) is 1.27. The van der Waals surface area contributed by atoms with E-state index in [1.807, 2.05) is 7.05 Å². The van der Waals surface area contributed by atoms with Crippen molar-refractivity contribution in [2.45, 2.75) is 12.8 Å². The summed E-state index contributed by atoms with van der Waals surface area (Å²) in [6.45, 7) is 1.95. The molecule has 54 valence electrons. The lowest BCUT2D eigenvalue weighted by atomic mass is 10.1. The third kappa shape index (κ3) is 1.95. The van der Waals surface area contributed by atoms with Crippen LogP contribution in [0.1, 0.15) is 12.8 Å². The van der Waals surface area contributed by atoms with Crippen LogP contribution in [0.4, 0.5) is 0 Å². The van der Waals surface area contributed by atoms with Gasteiger partial charge in [0, 0.05) is 0 Å². The first kappa shape index (κ1) is 7.03. The van der Waals surface area contributed by atoms with Gasteiger partial charge in [0.25, 0.3) is 0 Å². The van der Waals surface area contributed by atoms with Crippen molar-refractivity contribution in [3.63, 3.8) is 0 Å². The summed E-state index contributed by atoms with van der Waals surface area (Å²) in [4.78, 5) is 0. The molecule has 0 spiro atoms. The van der Waals surface area contributed by atoms with Gasteiger partial charge in [-0.3, -0.25) is 0 Å². The largest absolute Gasteiger partial charge is 0.330 e. The van der Waals surface area contributed by atoms with Crippen molar-refractivity contribution >= 4 is 0 Å². The third-order valence-corrected chi connectivity index (χ3v) is 2.06. The number of rotatable bonds is 4. The maximum absolute atomic E-state index is 5.56. The van der Waals surface area contributed by atoms with Crippen LogP contribution in [0.5, 0.6) is 0 Å². The van der Waals surface area contributed by atoms with Crippen LogP contribution in [0.3, 0.4) is 0 Å². The van der Waals surface area contributed by atoms with Gasteiger partial charge in [0.15, 0.2) is 0 Å². The maximum atomic E-state index is 5.56. The van der Waals surface area contributed by atoms with Gasteiger partial charge in [0.2, 0.25) is 0 Å². The van der Waals surface area contributed by atoms with Gasteiger partial charge < -0.3 is 11.1 Å². The summed E-state index contributed by atoms with van der Waals surface area (Å²) in [6, 6.07) is 0. The van der Waals surface area contributed by atoms with Gasteiger partial charge in [-0.25, -0.2) is 0 Å². The van der Waals surface area contributed by atoms with Crippen LogP contribution >= 0.6 is 0 Å². The molecule has 0 heterocycles. The predicted molar refractivity (Wildman–Crippen MR) is 39.2 cm³/mol. The molecule has 0 aliphatic heterocycles. The SMILES string of the molecule is CNCC(CN)C1CC1. The number of nitrogens with one attached hydrogen (secondary N) is 1. The van der Waals surface area contributed by atoms with Gasteiger partial charge in [-0.1, -0.05) is 0 Å². The van der Waals surface area contributed by atoms with Gasteiger partial charge in [-0.2, -0.15) is 0 Å². The average molecular weight is 128 g/mol. The Kier molecular flexibility index (Phi) is 2.49. The van der Waals surface area contributed by atoms with Crippen LogP contribution in [-0.2, 0) is 0 Å². The summed E-state index contributed by atoms with van der Waals surface area (Å²) in [6.07, 6.45) is 2.81.